The Morgan fingerprint density at radius 3 is 2.59 bits per heavy atom. The number of hydrogen-bond donors (Lipinski definition) is 1. The lowest BCUT2D eigenvalue weighted by Crippen LogP contribution is -2.18. The number of nitrogens with one attached hydrogen (secondary N) is 1. The van der Waals surface area contributed by atoms with Gasteiger partial charge in [0, 0.05) is 22.4 Å². The molecule has 0 aliphatic heterocycles. The van der Waals surface area contributed by atoms with Gasteiger partial charge in [0.25, 0.3) is 0 Å². The Kier molecular flexibility index (Phi) is 4.60. The molecule has 0 aliphatic carbocycles. The van der Waals surface area contributed by atoms with Gasteiger partial charge in [-0.1, -0.05) is 29.8 Å². The van der Waals surface area contributed by atoms with Crippen molar-refractivity contribution in [3.05, 3.63) is 57.2 Å². The van der Waals surface area contributed by atoms with Crippen LogP contribution in [0.25, 0.3) is 0 Å². The maximum Gasteiger partial charge on any atom is 0.0406 e. The minimum absolute atomic E-state index is 0.543. The zero-order valence-corrected chi connectivity index (χ0v) is 11.4. The van der Waals surface area contributed by atoms with Gasteiger partial charge in [-0.3, -0.25) is 0 Å². The van der Waals surface area contributed by atoms with E-state index in [0.29, 0.717) is 5.92 Å². The van der Waals surface area contributed by atoms with Crippen molar-refractivity contribution in [1.29, 1.82) is 0 Å². The Hall–Kier alpha value is -0.830. The second-order valence-electron chi connectivity index (χ2n) is 4.10. The zero-order valence-electron chi connectivity index (χ0n) is 9.82. The molecule has 0 bridgehead atoms. The standard InChI is InChI=1S/C14H16ClNS/c1-16-10-12(14-3-2-8-17-14)9-11-4-6-13(15)7-5-11/h2-8,12,16H,9-10H2,1H3. The lowest BCUT2D eigenvalue weighted by atomic mass is 9.98. The summed E-state index contributed by atoms with van der Waals surface area (Å²) in [5, 5.41) is 6.21. The molecular formula is C14H16ClNS. The molecule has 90 valence electrons. The Balaban J connectivity index is 2.10. The fourth-order valence-corrected chi connectivity index (χ4v) is 2.90. The number of rotatable bonds is 5. The van der Waals surface area contributed by atoms with Crippen LogP contribution in [0.2, 0.25) is 5.02 Å². The molecule has 0 aliphatic rings. The summed E-state index contributed by atoms with van der Waals surface area (Å²) in [6.45, 7) is 1.00. The summed E-state index contributed by atoms with van der Waals surface area (Å²) < 4.78 is 0. The van der Waals surface area contributed by atoms with Crippen molar-refractivity contribution in [2.45, 2.75) is 12.3 Å². The first-order valence-electron chi connectivity index (χ1n) is 5.72. The summed E-state index contributed by atoms with van der Waals surface area (Å²) >= 11 is 7.73. The van der Waals surface area contributed by atoms with Gasteiger partial charge >= 0.3 is 0 Å². The summed E-state index contributed by atoms with van der Waals surface area (Å²) in [6.07, 6.45) is 1.05. The minimum atomic E-state index is 0.543. The van der Waals surface area contributed by atoms with Gasteiger partial charge in [0.1, 0.15) is 0 Å². The maximum atomic E-state index is 5.90. The molecule has 0 fully saturated rings. The highest BCUT2D eigenvalue weighted by atomic mass is 35.5. The zero-order chi connectivity index (χ0) is 12.1. The Labute approximate surface area is 111 Å². The van der Waals surface area contributed by atoms with E-state index in [1.54, 1.807) is 0 Å². The van der Waals surface area contributed by atoms with E-state index >= 15 is 0 Å². The van der Waals surface area contributed by atoms with E-state index in [9.17, 15) is 0 Å². The highest BCUT2D eigenvalue weighted by molar-refractivity contribution is 7.10. The second kappa shape index (κ2) is 6.20. The largest absolute Gasteiger partial charge is 0.319 e. The predicted octanol–water partition coefficient (Wildman–Crippen LogP) is 3.95. The van der Waals surface area contributed by atoms with Crippen molar-refractivity contribution in [3.63, 3.8) is 0 Å². The fourth-order valence-electron chi connectivity index (χ4n) is 1.95. The molecule has 0 amide bonds. The molecule has 0 radical (unpaired) electrons. The summed E-state index contributed by atoms with van der Waals surface area (Å²) in [6, 6.07) is 12.5. The predicted molar refractivity (Wildman–Crippen MR) is 76.1 cm³/mol. The monoisotopic (exact) mass is 265 g/mol. The van der Waals surface area contributed by atoms with Crippen molar-refractivity contribution in [3.8, 4) is 0 Å². The molecule has 1 heterocycles. The second-order valence-corrected chi connectivity index (χ2v) is 5.52. The molecule has 0 saturated heterocycles. The van der Waals surface area contributed by atoms with Gasteiger partial charge < -0.3 is 5.32 Å². The van der Waals surface area contributed by atoms with E-state index in [0.717, 1.165) is 18.0 Å². The van der Waals surface area contributed by atoms with Crippen molar-refractivity contribution >= 4 is 22.9 Å². The van der Waals surface area contributed by atoms with Crippen LogP contribution in [0, 0.1) is 0 Å². The SMILES string of the molecule is CNCC(Cc1ccc(Cl)cc1)c1cccs1. The molecule has 0 saturated carbocycles. The molecule has 1 aromatic heterocycles. The number of likely N-dealkylation sites (N-methyl/N-ethyl adjacent to an activating group) is 1. The molecule has 1 aromatic carbocycles. The lowest BCUT2D eigenvalue weighted by Gasteiger charge is -2.15. The van der Waals surface area contributed by atoms with Crippen LogP contribution < -0.4 is 5.32 Å². The van der Waals surface area contributed by atoms with E-state index in [2.05, 4.69) is 35.0 Å². The third kappa shape index (κ3) is 3.56. The van der Waals surface area contributed by atoms with Crippen molar-refractivity contribution in [1.82, 2.24) is 5.32 Å². The average molecular weight is 266 g/mol. The molecule has 1 N–H and O–H groups in total. The topological polar surface area (TPSA) is 12.0 Å². The van der Waals surface area contributed by atoms with Gasteiger partial charge in [0.2, 0.25) is 0 Å². The molecule has 1 nitrogen and oxygen atoms in total. The van der Waals surface area contributed by atoms with Crippen LogP contribution in [-0.2, 0) is 6.42 Å². The van der Waals surface area contributed by atoms with Crippen LogP contribution in [0.3, 0.4) is 0 Å². The van der Waals surface area contributed by atoms with Crippen LogP contribution in [0.1, 0.15) is 16.4 Å². The smallest absolute Gasteiger partial charge is 0.0406 e. The van der Waals surface area contributed by atoms with Crippen LogP contribution in [0.15, 0.2) is 41.8 Å². The third-order valence-electron chi connectivity index (χ3n) is 2.79. The third-order valence-corrected chi connectivity index (χ3v) is 4.08. The van der Waals surface area contributed by atoms with Crippen LogP contribution >= 0.6 is 22.9 Å². The van der Waals surface area contributed by atoms with E-state index < -0.39 is 0 Å². The summed E-state index contributed by atoms with van der Waals surface area (Å²) in [7, 11) is 2.00. The van der Waals surface area contributed by atoms with Crippen LogP contribution in [0.5, 0.6) is 0 Å². The van der Waals surface area contributed by atoms with Gasteiger partial charge in [-0.25, -0.2) is 0 Å². The van der Waals surface area contributed by atoms with E-state index in [1.165, 1.54) is 10.4 Å². The number of benzene rings is 1. The van der Waals surface area contributed by atoms with E-state index in [-0.39, 0.29) is 0 Å². The van der Waals surface area contributed by atoms with E-state index in [4.69, 9.17) is 11.6 Å². The lowest BCUT2D eigenvalue weighted by molar-refractivity contribution is 0.635. The van der Waals surface area contributed by atoms with Gasteiger partial charge in [-0.15, -0.1) is 11.3 Å². The van der Waals surface area contributed by atoms with Crippen molar-refractivity contribution in [2.75, 3.05) is 13.6 Å². The first-order valence-corrected chi connectivity index (χ1v) is 6.98. The molecule has 0 spiro atoms. The summed E-state index contributed by atoms with van der Waals surface area (Å²) in [5.74, 6) is 0.543. The van der Waals surface area contributed by atoms with Crippen LogP contribution in [0.4, 0.5) is 0 Å². The highest BCUT2D eigenvalue weighted by Crippen LogP contribution is 2.25. The molecule has 17 heavy (non-hydrogen) atoms. The van der Waals surface area contributed by atoms with Gasteiger partial charge in [-0.05, 0) is 42.6 Å². The molecule has 3 heteroatoms. The molecule has 1 unspecified atom stereocenters. The first-order chi connectivity index (χ1) is 8.29. The molecule has 1 atom stereocenters. The first kappa shape index (κ1) is 12.6. The van der Waals surface area contributed by atoms with Gasteiger partial charge in [0.15, 0.2) is 0 Å². The summed E-state index contributed by atoms with van der Waals surface area (Å²) in [4.78, 5) is 1.44. The minimum Gasteiger partial charge on any atom is -0.319 e. The Morgan fingerprint density at radius 1 is 1.24 bits per heavy atom. The van der Waals surface area contributed by atoms with Crippen molar-refractivity contribution in [2.24, 2.45) is 0 Å². The summed E-state index contributed by atoms with van der Waals surface area (Å²) in [5.41, 5.74) is 1.34. The normalized spacial score (nSPS) is 12.6. The Morgan fingerprint density at radius 2 is 2.00 bits per heavy atom. The van der Waals surface area contributed by atoms with Gasteiger partial charge in [0.05, 0.1) is 0 Å². The fraction of sp³-hybridized carbons (Fsp3) is 0.286. The quantitative estimate of drug-likeness (QED) is 0.863. The van der Waals surface area contributed by atoms with E-state index in [1.807, 2.05) is 30.5 Å². The average Bonchev–Trinajstić information content (AvgIpc) is 2.85. The number of halogens is 1. The highest BCUT2D eigenvalue weighted by Gasteiger charge is 2.12. The number of hydrogen-bond acceptors (Lipinski definition) is 2. The molecule has 2 aromatic rings. The molecule has 2 rings (SSSR count). The van der Waals surface area contributed by atoms with Crippen LogP contribution in [-0.4, -0.2) is 13.6 Å². The number of thiophene rings is 1. The molecular weight excluding hydrogens is 250 g/mol. The maximum absolute atomic E-state index is 5.90. The van der Waals surface area contributed by atoms with Gasteiger partial charge in [-0.2, -0.15) is 0 Å². The van der Waals surface area contributed by atoms with Crippen molar-refractivity contribution < 1.29 is 0 Å². The Bertz CT molecular complexity index is 436.